The van der Waals surface area contributed by atoms with Crippen molar-refractivity contribution < 1.29 is 89.0 Å². The van der Waals surface area contributed by atoms with E-state index < -0.39 is 80.0 Å². The van der Waals surface area contributed by atoms with Gasteiger partial charge in [0.25, 0.3) is 0 Å². The Morgan fingerprint density at radius 3 is 2.50 bits per heavy atom. The molecular formula is C16H24N3NaO12. The molecule has 15 nitrogen and oxygen atoms in total. The number of carboxylic acid groups (broad SMARTS) is 1. The number of aliphatic carboxylic acids is 1. The summed E-state index contributed by atoms with van der Waals surface area (Å²) in [6.45, 7) is 1.83. The summed E-state index contributed by atoms with van der Waals surface area (Å²) in [7, 11) is 0. The van der Waals surface area contributed by atoms with Crippen LogP contribution in [0.2, 0.25) is 0 Å². The molecule has 10 atom stereocenters. The van der Waals surface area contributed by atoms with Gasteiger partial charge in [-0.3, -0.25) is 0 Å². The number of hydrogen-bond acceptors (Lipinski definition) is 13. The predicted molar refractivity (Wildman–Crippen MR) is 93.4 cm³/mol. The molecule has 2 saturated heterocycles. The Morgan fingerprint density at radius 2 is 1.94 bits per heavy atom. The van der Waals surface area contributed by atoms with Gasteiger partial charge in [0.2, 0.25) is 5.79 Å². The van der Waals surface area contributed by atoms with E-state index in [1.165, 1.54) is 0 Å². The first-order chi connectivity index (χ1) is 14.6. The van der Waals surface area contributed by atoms with Crippen LogP contribution >= 0.6 is 0 Å². The molecule has 2 heterocycles. The molecule has 0 spiro atoms. The van der Waals surface area contributed by atoms with Crippen molar-refractivity contribution in [3.8, 4) is 0 Å². The van der Waals surface area contributed by atoms with Gasteiger partial charge in [0.05, 0.1) is 32.0 Å². The number of rotatable bonds is 9. The van der Waals surface area contributed by atoms with E-state index in [-0.39, 0.29) is 36.2 Å². The summed E-state index contributed by atoms with van der Waals surface area (Å²) in [5.74, 6) is -5.01. The molecule has 6 N–H and O–H groups in total. The molecule has 32 heavy (non-hydrogen) atoms. The zero-order chi connectivity index (χ0) is 23.3. The van der Waals surface area contributed by atoms with Crippen molar-refractivity contribution in [1.82, 2.24) is 0 Å². The summed E-state index contributed by atoms with van der Waals surface area (Å²) in [6, 6.07) is -1.07. The number of aliphatic hydroxyl groups is 6. The number of carboxylic acids is 1. The van der Waals surface area contributed by atoms with Crippen LogP contribution < -0.4 is 34.7 Å². The average molecular weight is 473 g/mol. The Balaban J connectivity index is 0.00000512. The van der Waals surface area contributed by atoms with E-state index in [4.69, 9.17) is 24.5 Å². The van der Waals surface area contributed by atoms with Gasteiger partial charge in [0, 0.05) is 4.91 Å². The van der Waals surface area contributed by atoms with Gasteiger partial charge in [-0.15, -0.1) is 6.58 Å². The Kier molecular flexibility index (Phi) is 11.4. The summed E-state index contributed by atoms with van der Waals surface area (Å²) in [5.41, 5.74) is 8.42. The SMILES string of the molecule is C=CCO[C@@]1(C(=O)[O-])O[C@H]([C@H](O)CO[C@H]2OC[C@H](N=[N+]=[N-])[C@H](O)[C@H]2O)[C@H](O)[C@H](O)[C@@H]1O.[Na+]. The number of carbonyl (C=O) groups is 1. The Morgan fingerprint density at radius 1 is 1.28 bits per heavy atom. The third-order valence-corrected chi connectivity index (χ3v) is 4.88. The fourth-order valence-electron chi connectivity index (χ4n) is 3.17. The molecule has 176 valence electrons. The Labute approximate surface area is 203 Å². The summed E-state index contributed by atoms with van der Waals surface area (Å²) in [4.78, 5) is 14.1. The Bertz CT molecular complexity index is 697. The minimum atomic E-state index is -2.93. The predicted octanol–water partition coefficient (Wildman–Crippen LogP) is -7.74. The van der Waals surface area contributed by atoms with Crippen LogP contribution in [-0.4, -0.2) is 117 Å². The van der Waals surface area contributed by atoms with Gasteiger partial charge in [-0.2, -0.15) is 0 Å². The van der Waals surface area contributed by atoms with Gasteiger partial charge in [-0.1, -0.05) is 11.2 Å². The quantitative estimate of drug-likeness (QED) is 0.0601. The standard InChI is InChI=1S/C16H25N3O12.Na/c1-2-3-30-16(15(26)27)13(25)10(23)9(22)12(31-16)7(20)5-29-14-11(24)8(21)6(4-28-14)18-19-17;/h2,6-14,20-25H,1,3-5H2,(H,26,27);/q;+1/p-1/t6-,7+,8-,9+,10-,11+,12+,13-,14+,16+;/m0./s1. The molecule has 2 aliphatic heterocycles. The summed E-state index contributed by atoms with van der Waals surface area (Å²) >= 11 is 0. The average Bonchev–Trinajstić information content (AvgIpc) is 2.74. The maximum absolute atomic E-state index is 11.6. The van der Waals surface area contributed by atoms with Gasteiger partial charge in [0.1, 0.15) is 42.6 Å². The third kappa shape index (κ3) is 5.97. The maximum atomic E-state index is 11.6. The summed E-state index contributed by atoms with van der Waals surface area (Å²) in [5, 5.41) is 75.4. The first-order valence-corrected chi connectivity index (χ1v) is 9.10. The molecule has 0 amide bonds. The van der Waals surface area contributed by atoms with Crippen molar-refractivity contribution in [2.24, 2.45) is 5.11 Å². The molecule has 16 heteroatoms. The Hall–Kier alpha value is -0.880. The largest absolute Gasteiger partial charge is 1.00 e. The second-order valence-corrected chi connectivity index (χ2v) is 6.92. The van der Waals surface area contributed by atoms with Gasteiger partial charge in [0.15, 0.2) is 6.29 Å². The van der Waals surface area contributed by atoms with Gasteiger partial charge >= 0.3 is 29.6 Å². The molecule has 0 aliphatic carbocycles. The van der Waals surface area contributed by atoms with Crippen molar-refractivity contribution >= 4 is 5.97 Å². The van der Waals surface area contributed by atoms with Crippen molar-refractivity contribution in [2.75, 3.05) is 19.8 Å². The maximum Gasteiger partial charge on any atom is 1.00 e. The van der Waals surface area contributed by atoms with E-state index in [9.17, 15) is 40.5 Å². The van der Waals surface area contributed by atoms with Crippen LogP contribution in [0.1, 0.15) is 0 Å². The van der Waals surface area contributed by atoms with E-state index in [1.807, 2.05) is 0 Å². The normalized spacial score (nSPS) is 40.4. The molecule has 0 bridgehead atoms. The van der Waals surface area contributed by atoms with Crippen molar-refractivity contribution in [3.05, 3.63) is 23.1 Å². The molecule has 2 fully saturated rings. The fraction of sp³-hybridized carbons (Fsp3) is 0.812. The molecule has 0 aromatic rings. The number of nitrogens with zero attached hydrogens (tertiary/aromatic N) is 3. The first-order valence-electron chi connectivity index (χ1n) is 9.10. The molecule has 0 aromatic heterocycles. The van der Waals surface area contributed by atoms with Crippen molar-refractivity contribution in [2.45, 2.75) is 60.8 Å². The number of carbonyl (C=O) groups excluding carboxylic acids is 1. The second-order valence-electron chi connectivity index (χ2n) is 6.92. The molecule has 0 unspecified atom stereocenters. The summed E-state index contributed by atoms with van der Waals surface area (Å²) in [6.07, 6.45) is -13.6. The third-order valence-electron chi connectivity index (χ3n) is 4.88. The van der Waals surface area contributed by atoms with E-state index >= 15 is 0 Å². The smallest absolute Gasteiger partial charge is 0.544 e. The van der Waals surface area contributed by atoms with Crippen LogP contribution in [-0.2, 0) is 23.7 Å². The van der Waals surface area contributed by atoms with Crippen molar-refractivity contribution in [3.63, 3.8) is 0 Å². The minimum Gasteiger partial charge on any atom is -0.544 e. The molecule has 0 radical (unpaired) electrons. The van der Waals surface area contributed by atoms with Crippen molar-refractivity contribution in [1.29, 1.82) is 0 Å². The molecule has 2 aliphatic rings. The molecular weight excluding hydrogens is 449 g/mol. The van der Waals surface area contributed by atoms with Gasteiger partial charge < -0.3 is 59.5 Å². The number of ether oxygens (including phenoxy) is 4. The van der Waals surface area contributed by atoms with Crippen LogP contribution in [0, 0.1) is 0 Å². The number of hydrogen-bond donors (Lipinski definition) is 6. The monoisotopic (exact) mass is 473 g/mol. The molecule has 0 aromatic carbocycles. The molecule has 2 rings (SSSR count). The second kappa shape index (κ2) is 12.5. The topological polar surface area (TPSA) is 247 Å². The van der Waals surface area contributed by atoms with E-state index in [2.05, 4.69) is 16.6 Å². The zero-order valence-corrected chi connectivity index (χ0v) is 19.1. The van der Waals surface area contributed by atoms with Gasteiger partial charge in [-0.25, -0.2) is 0 Å². The van der Waals surface area contributed by atoms with Crippen LogP contribution in [0.5, 0.6) is 0 Å². The van der Waals surface area contributed by atoms with E-state index in [1.54, 1.807) is 0 Å². The van der Waals surface area contributed by atoms with E-state index in [0.29, 0.717) is 0 Å². The fourth-order valence-corrected chi connectivity index (χ4v) is 3.17. The first kappa shape index (κ1) is 29.2. The van der Waals surface area contributed by atoms with E-state index in [0.717, 1.165) is 6.08 Å². The minimum absolute atomic E-state index is 0. The summed E-state index contributed by atoms with van der Waals surface area (Å²) < 4.78 is 20.3. The van der Waals surface area contributed by atoms with Crippen LogP contribution in [0.25, 0.3) is 10.4 Å². The van der Waals surface area contributed by atoms with Crippen LogP contribution in [0.15, 0.2) is 17.8 Å². The van der Waals surface area contributed by atoms with Crippen LogP contribution in [0.3, 0.4) is 0 Å². The van der Waals surface area contributed by atoms with Gasteiger partial charge in [-0.05, 0) is 5.53 Å². The zero-order valence-electron chi connectivity index (χ0n) is 17.1. The number of azide groups is 1. The number of aliphatic hydroxyl groups excluding tert-OH is 6. The van der Waals surface area contributed by atoms with Crippen LogP contribution in [0.4, 0.5) is 0 Å². The molecule has 0 saturated carbocycles.